The van der Waals surface area contributed by atoms with Crippen molar-refractivity contribution in [2.24, 2.45) is 43.3 Å². The first-order chi connectivity index (χ1) is 12.0. The van der Waals surface area contributed by atoms with E-state index < -0.39 is 0 Å². The number of benzene rings is 2. The summed E-state index contributed by atoms with van der Waals surface area (Å²) in [5, 5.41) is 14.6. The largest absolute Gasteiger partial charge is 0.369 e. The minimum atomic E-state index is -0.0739. The summed E-state index contributed by atoms with van der Waals surface area (Å²) in [5.74, 6) is -0.148. The van der Waals surface area contributed by atoms with Crippen LogP contribution in [-0.4, -0.2) is 24.3 Å². The molecule has 2 aromatic rings. The first kappa shape index (κ1) is 18.0. The molecule has 0 fully saturated rings. The standard InChI is InChI=1S/C16H18N8S/c17-15(18)23-21-9-11-1-5-13(6-2-11)25-14-7-3-12(4-8-14)10-22-24-16(19)20/h1-10H,(H4,17,18,23)(H4,19,20,24)/b21-9-,22-10-. The van der Waals surface area contributed by atoms with E-state index in [2.05, 4.69) is 20.4 Å². The highest BCUT2D eigenvalue weighted by Gasteiger charge is 1.98. The molecule has 0 unspecified atom stereocenters. The molecular formula is C16H18N8S. The van der Waals surface area contributed by atoms with Crippen molar-refractivity contribution in [2.75, 3.05) is 0 Å². The van der Waals surface area contributed by atoms with Gasteiger partial charge in [0.1, 0.15) is 0 Å². The third kappa shape index (κ3) is 6.75. The van der Waals surface area contributed by atoms with Gasteiger partial charge in [-0.3, -0.25) is 0 Å². The van der Waals surface area contributed by atoms with Crippen LogP contribution in [0.25, 0.3) is 0 Å². The lowest BCUT2D eigenvalue weighted by Gasteiger charge is -2.02. The average Bonchev–Trinajstić information content (AvgIpc) is 2.57. The summed E-state index contributed by atoms with van der Waals surface area (Å²) >= 11 is 1.64. The van der Waals surface area contributed by atoms with Crippen molar-refractivity contribution < 1.29 is 0 Å². The topological polar surface area (TPSA) is 154 Å². The predicted octanol–water partition coefficient (Wildman–Crippen LogP) is 1.05. The van der Waals surface area contributed by atoms with Crippen LogP contribution in [-0.2, 0) is 0 Å². The summed E-state index contributed by atoms with van der Waals surface area (Å²) in [7, 11) is 0. The van der Waals surface area contributed by atoms with E-state index in [1.165, 1.54) is 0 Å². The molecule has 128 valence electrons. The zero-order valence-corrected chi connectivity index (χ0v) is 14.1. The Morgan fingerprint density at radius 2 is 1.00 bits per heavy atom. The summed E-state index contributed by atoms with van der Waals surface area (Å²) < 4.78 is 0. The molecule has 0 aliphatic rings. The Morgan fingerprint density at radius 3 is 1.32 bits per heavy atom. The van der Waals surface area contributed by atoms with Gasteiger partial charge in [0.15, 0.2) is 0 Å². The summed E-state index contributed by atoms with van der Waals surface area (Å²) in [6.45, 7) is 0. The fourth-order valence-corrected chi connectivity index (χ4v) is 2.52. The lowest BCUT2D eigenvalue weighted by atomic mass is 10.2. The Labute approximate surface area is 149 Å². The number of nitrogens with zero attached hydrogens (tertiary/aromatic N) is 4. The summed E-state index contributed by atoms with van der Waals surface area (Å²) in [6.07, 6.45) is 3.16. The lowest BCUT2D eigenvalue weighted by Crippen LogP contribution is -2.21. The summed E-state index contributed by atoms with van der Waals surface area (Å²) in [6, 6.07) is 15.7. The van der Waals surface area contributed by atoms with Gasteiger partial charge in [0.05, 0.1) is 12.4 Å². The van der Waals surface area contributed by atoms with Crippen LogP contribution in [0, 0.1) is 0 Å². The van der Waals surface area contributed by atoms with Crippen LogP contribution in [0.2, 0.25) is 0 Å². The molecular weight excluding hydrogens is 336 g/mol. The smallest absolute Gasteiger partial charge is 0.211 e. The molecule has 0 aromatic heterocycles. The molecule has 0 heterocycles. The fourth-order valence-electron chi connectivity index (χ4n) is 1.70. The van der Waals surface area contributed by atoms with Gasteiger partial charge in [0, 0.05) is 9.79 Å². The quantitative estimate of drug-likeness (QED) is 0.347. The van der Waals surface area contributed by atoms with Gasteiger partial charge in [-0.1, -0.05) is 36.0 Å². The van der Waals surface area contributed by atoms with Crippen LogP contribution < -0.4 is 22.9 Å². The van der Waals surface area contributed by atoms with Gasteiger partial charge in [-0.05, 0) is 35.4 Å². The molecule has 8 nitrogen and oxygen atoms in total. The van der Waals surface area contributed by atoms with Crippen molar-refractivity contribution in [2.45, 2.75) is 9.79 Å². The maximum absolute atomic E-state index is 5.20. The van der Waals surface area contributed by atoms with E-state index >= 15 is 0 Å². The van der Waals surface area contributed by atoms with E-state index in [-0.39, 0.29) is 11.9 Å². The van der Waals surface area contributed by atoms with Crippen molar-refractivity contribution in [3.05, 3.63) is 59.7 Å². The van der Waals surface area contributed by atoms with Gasteiger partial charge >= 0.3 is 0 Å². The monoisotopic (exact) mass is 354 g/mol. The number of guanidine groups is 2. The molecule has 2 aromatic carbocycles. The Balaban J connectivity index is 1.98. The molecule has 0 radical (unpaired) electrons. The second-order valence-electron chi connectivity index (χ2n) is 4.78. The van der Waals surface area contributed by atoms with E-state index in [0.29, 0.717) is 0 Å². The van der Waals surface area contributed by atoms with Crippen LogP contribution in [0.3, 0.4) is 0 Å². The zero-order chi connectivity index (χ0) is 18.1. The molecule has 0 saturated heterocycles. The highest BCUT2D eigenvalue weighted by atomic mass is 32.2. The van der Waals surface area contributed by atoms with Gasteiger partial charge in [-0.15, -0.1) is 10.2 Å². The molecule has 0 aliphatic carbocycles. The van der Waals surface area contributed by atoms with Gasteiger partial charge in [0.2, 0.25) is 11.9 Å². The van der Waals surface area contributed by atoms with Crippen LogP contribution in [0.15, 0.2) is 78.7 Å². The van der Waals surface area contributed by atoms with E-state index in [1.54, 1.807) is 24.2 Å². The first-order valence-electron chi connectivity index (χ1n) is 7.15. The number of nitrogens with two attached hydrogens (primary N) is 4. The maximum atomic E-state index is 5.20. The molecule has 0 aliphatic heterocycles. The molecule has 0 bridgehead atoms. The minimum absolute atomic E-state index is 0.0739. The molecule has 2 rings (SSSR count). The zero-order valence-electron chi connectivity index (χ0n) is 13.3. The number of hydrogen-bond donors (Lipinski definition) is 4. The van der Waals surface area contributed by atoms with Crippen LogP contribution in [0.1, 0.15) is 11.1 Å². The number of rotatable bonds is 6. The van der Waals surface area contributed by atoms with Crippen molar-refractivity contribution >= 4 is 36.1 Å². The third-order valence-corrected chi connectivity index (χ3v) is 3.77. The molecule has 8 N–H and O–H groups in total. The Bertz CT molecular complexity index is 730. The second kappa shape index (κ2) is 9.08. The van der Waals surface area contributed by atoms with Gasteiger partial charge in [-0.2, -0.15) is 10.2 Å². The van der Waals surface area contributed by atoms with Crippen molar-refractivity contribution in [1.29, 1.82) is 0 Å². The Kier molecular flexibility index (Phi) is 6.55. The SMILES string of the molecule is NC(N)=N/N=C\c1ccc(Sc2ccc(/C=N\N=C(N)N)cc2)cc1. The second-order valence-corrected chi connectivity index (χ2v) is 5.93. The Morgan fingerprint density at radius 1 is 0.640 bits per heavy atom. The normalized spacial score (nSPS) is 10.9. The number of hydrogen-bond acceptors (Lipinski definition) is 5. The summed E-state index contributed by atoms with van der Waals surface area (Å²) in [4.78, 5) is 2.20. The van der Waals surface area contributed by atoms with E-state index in [9.17, 15) is 0 Å². The van der Waals surface area contributed by atoms with Crippen molar-refractivity contribution in [3.8, 4) is 0 Å². The molecule has 0 saturated carbocycles. The summed E-state index contributed by atoms with van der Waals surface area (Å²) in [5.41, 5.74) is 22.6. The lowest BCUT2D eigenvalue weighted by molar-refractivity contribution is 1.21. The molecule has 25 heavy (non-hydrogen) atoms. The van der Waals surface area contributed by atoms with Crippen LogP contribution in [0.5, 0.6) is 0 Å². The maximum Gasteiger partial charge on any atom is 0.211 e. The first-order valence-corrected chi connectivity index (χ1v) is 7.96. The van der Waals surface area contributed by atoms with Crippen LogP contribution in [0.4, 0.5) is 0 Å². The van der Waals surface area contributed by atoms with E-state index in [1.807, 2.05) is 48.5 Å². The van der Waals surface area contributed by atoms with E-state index in [0.717, 1.165) is 20.9 Å². The molecule has 9 heteroatoms. The highest BCUT2D eigenvalue weighted by Crippen LogP contribution is 2.27. The average molecular weight is 354 g/mol. The van der Waals surface area contributed by atoms with Gasteiger partial charge in [0.25, 0.3) is 0 Å². The van der Waals surface area contributed by atoms with Crippen LogP contribution >= 0.6 is 11.8 Å². The molecule has 0 amide bonds. The molecule has 0 atom stereocenters. The van der Waals surface area contributed by atoms with Crippen molar-refractivity contribution in [1.82, 2.24) is 0 Å². The van der Waals surface area contributed by atoms with E-state index in [4.69, 9.17) is 22.9 Å². The molecule has 0 spiro atoms. The fraction of sp³-hybridized carbons (Fsp3) is 0. The van der Waals surface area contributed by atoms with Gasteiger partial charge in [-0.25, -0.2) is 0 Å². The predicted molar refractivity (Wildman–Crippen MR) is 104 cm³/mol. The third-order valence-electron chi connectivity index (χ3n) is 2.76. The Hall–Kier alpha value is -3.33. The van der Waals surface area contributed by atoms with Gasteiger partial charge < -0.3 is 22.9 Å². The minimum Gasteiger partial charge on any atom is -0.369 e. The highest BCUT2D eigenvalue weighted by molar-refractivity contribution is 7.99. The van der Waals surface area contributed by atoms with Crippen molar-refractivity contribution in [3.63, 3.8) is 0 Å².